The predicted octanol–water partition coefficient (Wildman–Crippen LogP) is 3.06. The number of ether oxygens (including phenoxy) is 2. The Bertz CT molecular complexity index is 616. The fourth-order valence-electron chi connectivity index (χ4n) is 2.93. The van der Waals surface area contributed by atoms with Crippen LogP contribution in [0, 0.1) is 11.8 Å². The van der Waals surface area contributed by atoms with E-state index in [1.54, 1.807) is 23.1 Å². The molecule has 6 nitrogen and oxygen atoms in total. The number of carboxylic acids is 1. The molecule has 0 saturated carbocycles. The summed E-state index contributed by atoms with van der Waals surface area (Å²) in [6.45, 7) is 7.73. The van der Waals surface area contributed by atoms with E-state index in [1.165, 1.54) is 0 Å². The largest absolute Gasteiger partial charge is 0.490 e. The highest BCUT2D eigenvalue weighted by molar-refractivity contribution is 5.95. The Balaban J connectivity index is 2.17. The molecule has 0 bridgehead atoms. The first-order chi connectivity index (χ1) is 12.0. The zero-order valence-electron chi connectivity index (χ0n) is 15.2. The van der Waals surface area contributed by atoms with Crippen molar-refractivity contribution in [3.8, 4) is 11.5 Å². The van der Waals surface area contributed by atoms with Crippen LogP contribution in [-0.2, 0) is 4.79 Å². The van der Waals surface area contributed by atoms with Gasteiger partial charge in [-0.25, -0.2) is 0 Å². The van der Waals surface area contributed by atoms with Crippen molar-refractivity contribution < 1.29 is 24.2 Å². The molecule has 138 valence electrons. The number of carboxylic acid groups (broad SMARTS) is 1. The summed E-state index contributed by atoms with van der Waals surface area (Å²) in [6, 6.07) is 5.16. The zero-order valence-corrected chi connectivity index (χ0v) is 15.2. The summed E-state index contributed by atoms with van der Waals surface area (Å²) < 4.78 is 11.4. The summed E-state index contributed by atoms with van der Waals surface area (Å²) in [6.07, 6.45) is 1.74. The molecule has 0 aromatic heterocycles. The van der Waals surface area contributed by atoms with Crippen LogP contribution in [0.1, 0.15) is 44.0 Å². The summed E-state index contributed by atoms with van der Waals surface area (Å²) in [5.41, 5.74) is 0.494. The molecular weight excluding hydrogens is 322 g/mol. The van der Waals surface area contributed by atoms with E-state index in [0.29, 0.717) is 36.8 Å². The summed E-state index contributed by atoms with van der Waals surface area (Å²) >= 11 is 0. The molecule has 1 aromatic carbocycles. The lowest BCUT2D eigenvalue weighted by molar-refractivity contribution is -0.142. The number of benzene rings is 1. The van der Waals surface area contributed by atoms with Crippen molar-refractivity contribution in [2.24, 2.45) is 11.8 Å². The van der Waals surface area contributed by atoms with Crippen molar-refractivity contribution in [2.75, 3.05) is 26.3 Å². The van der Waals surface area contributed by atoms with Gasteiger partial charge in [-0.15, -0.1) is 0 Å². The molecule has 1 N–H and O–H groups in total. The Kier molecular flexibility index (Phi) is 6.67. The monoisotopic (exact) mass is 349 g/mol. The first-order valence-corrected chi connectivity index (χ1v) is 8.89. The Labute approximate surface area is 148 Å². The Morgan fingerprint density at radius 2 is 1.76 bits per heavy atom. The molecule has 6 heteroatoms. The van der Waals surface area contributed by atoms with E-state index in [-0.39, 0.29) is 18.4 Å². The predicted molar refractivity (Wildman–Crippen MR) is 94.2 cm³/mol. The summed E-state index contributed by atoms with van der Waals surface area (Å²) in [4.78, 5) is 25.6. The third kappa shape index (κ3) is 4.65. The third-order valence-electron chi connectivity index (χ3n) is 4.33. The van der Waals surface area contributed by atoms with Crippen LogP contribution in [0.5, 0.6) is 11.5 Å². The maximum absolute atomic E-state index is 12.7. The van der Waals surface area contributed by atoms with Crippen LogP contribution >= 0.6 is 0 Å². The first kappa shape index (κ1) is 19.1. The molecule has 1 aromatic rings. The van der Waals surface area contributed by atoms with Gasteiger partial charge in [0.25, 0.3) is 5.91 Å². The lowest BCUT2D eigenvalue weighted by Crippen LogP contribution is -2.30. The fourth-order valence-corrected chi connectivity index (χ4v) is 2.93. The van der Waals surface area contributed by atoms with Gasteiger partial charge in [-0.1, -0.05) is 20.8 Å². The lowest BCUT2D eigenvalue weighted by Gasteiger charge is -2.18. The van der Waals surface area contributed by atoms with Crippen LogP contribution in [0.4, 0.5) is 0 Å². The van der Waals surface area contributed by atoms with Crippen molar-refractivity contribution >= 4 is 11.9 Å². The number of rotatable bonds is 8. The van der Waals surface area contributed by atoms with Gasteiger partial charge in [-0.2, -0.15) is 0 Å². The molecular formula is C19H27NO5. The van der Waals surface area contributed by atoms with Crippen LogP contribution < -0.4 is 9.47 Å². The van der Waals surface area contributed by atoms with Gasteiger partial charge in [-0.05, 0) is 37.0 Å². The quantitative estimate of drug-likeness (QED) is 0.780. The number of aliphatic carboxylic acids is 1. The second-order valence-corrected chi connectivity index (χ2v) is 6.49. The van der Waals surface area contributed by atoms with E-state index in [9.17, 15) is 14.7 Å². The molecule has 1 heterocycles. The van der Waals surface area contributed by atoms with Gasteiger partial charge < -0.3 is 19.5 Å². The topological polar surface area (TPSA) is 76.1 Å². The van der Waals surface area contributed by atoms with Crippen LogP contribution in [0.3, 0.4) is 0 Å². The maximum atomic E-state index is 12.7. The van der Waals surface area contributed by atoms with E-state index in [1.807, 2.05) is 20.8 Å². The second kappa shape index (κ2) is 8.74. The highest BCUT2D eigenvalue weighted by atomic mass is 16.5. The number of carbonyl (C=O) groups excluding carboxylic acids is 1. The van der Waals surface area contributed by atoms with Crippen molar-refractivity contribution in [2.45, 2.75) is 33.6 Å². The van der Waals surface area contributed by atoms with Crippen LogP contribution in [0.2, 0.25) is 0 Å². The number of nitrogens with zero attached hydrogens (tertiary/aromatic N) is 1. The molecule has 2 atom stereocenters. The van der Waals surface area contributed by atoms with E-state index in [2.05, 4.69) is 0 Å². The van der Waals surface area contributed by atoms with Crippen molar-refractivity contribution in [3.05, 3.63) is 23.8 Å². The van der Waals surface area contributed by atoms with Gasteiger partial charge in [0.2, 0.25) is 0 Å². The first-order valence-electron chi connectivity index (χ1n) is 8.89. The van der Waals surface area contributed by atoms with E-state index in [0.717, 1.165) is 12.8 Å². The van der Waals surface area contributed by atoms with Gasteiger partial charge in [0.15, 0.2) is 11.5 Å². The molecule has 0 spiro atoms. The van der Waals surface area contributed by atoms with Crippen LogP contribution in [-0.4, -0.2) is 48.2 Å². The number of likely N-dealkylation sites (tertiary alicyclic amines) is 1. The molecule has 1 saturated heterocycles. The SMILES string of the molecule is CCCOc1ccc(C(=O)N2C[C@@H](C)[C@H](C(=O)O)C2)cc1OCCC. The highest BCUT2D eigenvalue weighted by Gasteiger charge is 2.37. The molecule has 0 radical (unpaired) electrons. The Morgan fingerprint density at radius 1 is 1.12 bits per heavy atom. The minimum absolute atomic E-state index is 0.0515. The second-order valence-electron chi connectivity index (χ2n) is 6.49. The molecule has 1 aliphatic heterocycles. The summed E-state index contributed by atoms with van der Waals surface area (Å²) in [5.74, 6) is -0.387. The molecule has 25 heavy (non-hydrogen) atoms. The van der Waals surface area contributed by atoms with Gasteiger partial charge in [0, 0.05) is 18.7 Å². The van der Waals surface area contributed by atoms with Crippen molar-refractivity contribution in [1.82, 2.24) is 4.90 Å². The van der Waals surface area contributed by atoms with Gasteiger partial charge in [-0.3, -0.25) is 9.59 Å². The van der Waals surface area contributed by atoms with Crippen LogP contribution in [0.25, 0.3) is 0 Å². The average molecular weight is 349 g/mol. The molecule has 1 aliphatic rings. The van der Waals surface area contributed by atoms with Gasteiger partial charge in [0.05, 0.1) is 19.1 Å². The molecule has 1 fully saturated rings. The normalized spacial score (nSPS) is 19.7. The fraction of sp³-hybridized carbons (Fsp3) is 0.579. The Hall–Kier alpha value is -2.24. The highest BCUT2D eigenvalue weighted by Crippen LogP contribution is 2.31. The lowest BCUT2D eigenvalue weighted by atomic mass is 9.99. The standard InChI is InChI=1S/C19H27NO5/c1-4-8-24-16-7-6-14(10-17(16)25-9-5-2)18(21)20-11-13(3)15(12-20)19(22)23/h6-7,10,13,15H,4-5,8-9,11-12H2,1-3H3,(H,22,23)/t13-,15-/m1/s1. The molecule has 0 aliphatic carbocycles. The average Bonchev–Trinajstić information content (AvgIpc) is 2.99. The Morgan fingerprint density at radius 3 is 2.32 bits per heavy atom. The maximum Gasteiger partial charge on any atom is 0.308 e. The molecule has 0 unspecified atom stereocenters. The van der Waals surface area contributed by atoms with Crippen molar-refractivity contribution in [1.29, 1.82) is 0 Å². The van der Waals surface area contributed by atoms with Gasteiger partial charge in [0.1, 0.15) is 0 Å². The molecule has 1 amide bonds. The van der Waals surface area contributed by atoms with E-state index >= 15 is 0 Å². The molecule has 2 rings (SSSR count). The summed E-state index contributed by atoms with van der Waals surface area (Å²) in [5, 5.41) is 9.24. The van der Waals surface area contributed by atoms with E-state index < -0.39 is 11.9 Å². The summed E-state index contributed by atoms with van der Waals surface area (Å²) in [7, 11) is 0. The minimum atomic E-state index is -0.849. The number of carbonyl (C=O) groups is 2. The van der Waals surface area contributed by atoms with Gasteiger partial charge >= 0.3 is 5.97 Å². The third-order valence-corrected chi connectivity index (χ3v) is 4.33. The zero-order chi connectivity index (χ0) is 18.4. The number of amides is 1. The number of hydrogen-bond donors (Lipinski definition) is 1. The minimum Gasteiger partial charge on any atom is -0.490 e. The van der Waals surface area contributed by atoms with E-state index in [4.69, 9.17) is 9.47 Å². The van der Waals surface area contributed by atoms with Crippen LogP contribution in [0.15, 0.2) is 18.2 Å². The number of hydrogen-bond acceptors (Lipinski definition) is 4. The smallest absolute Gasteiger partial charge is 0.308 e. The van der Waals surface area contributed by atoms with Crippen molar-refractivity contribution in [3.63, 3.8) is 0 Å².